The molecule has 1 aromatic rings. The first-order valence-electron chi connectivity index (χ1n) is 6.70. The summed E-state index contributed by atoms with van der Waals surface area (Å²) in [5.74, 6) is 1.17. The molecule has 3 rings (SSSR count). The fraction of sp³-hybridized carbons (Fsp3) is 0.600. The molecule has 1 atom stereocenters. The van der Waals surface area contributed by atoms with E-state index in [-0.39, 0.29) is 6.10 Å². The average Bonchev–Trinajstić information content (AvgIpc) is 3.24. The first-order chi connectivity index (χ1) is 8.34. The summed E-state index contributed by atoms with van der Waals surface area (Å²) >= 11 is 0. The number of aliphatic hydroxyl groups is 1. The van der Waals surface area contributed by atoms with Crippen molar-refractivity contribution in [2.45, 2.75) is 37.7 Å². The molecule has 2 aliphatic rings. The van der Waals surface area contributed by atoms with Gasteiger partial charge in [0.15, 0.2) is 0 Å². The summed E-state index contributed by atoms with van der Waals surface area (Å²) in [5, 5.41) is 10.3. The van der Waals surface area contributed by atoms with Crippen LogP contribution in [0, 0.1) is 5.92 Å². The molecule has 1 heterocycles. The number of ether oxygens (including phenoxy) is 1. The zero-order chi connectivity index (χ0) is 11.7. The van der Waals surface area contributed by atoms with Crippen LogP contribution in [0.2, 0.25) is 0 Å². The van der Waals surface area contributed by atoms with Crippen molar-refractivity contribution in [3.05, 3.63) is 35.4 Å². The van der Waals surface area contributed by atoms with Crippen LogP contribution in [-0.4, -0.2) is 18.3 Å². The summed E-state index contributed by atoms with van der Waals surface area (Å²) in [6.45, 7) is 1.59. The van der Waals surface area contributed by atoms with E-state index in [1.165, 1.54) is 18.4 Å². The van der Waals surface area contributed by atoms with Crippen molar-refractivity contribution in [1.29, 1.82) is 0 Å². The summed E-state index contributed by atoms with van der Waals surface area (Å²) in [6, 6.07) is 8.59. The van der Waals surface area contributed by atoms with Crippen molar-refractivity contribution in [1.82, 2.24) is 0 Å². The summed E-state index contributed by atoms with van der Waals surface area (Å²) in [4.78, 5) is 0. The van der Waals surface area contributed by atoms with Gasteiger partial charge in [0.05, 0.1) is 6.10 Å². The zero-order valence-corrected chi connectivity index (χ0v) is 10.1. The molecular formula is C15H20O2. The average molecular weight is 232 g/mol. The van der Waals surface area contributed by atoms with Crippen molar-refractivity contribution >= 4 is 0 Å². The molecule has 1 aliphatic carbocycles. The highest BCUT2D eigenvalue weighted by Crippen LogP contribution is 2.40. The smallest absolute Gasteiger partial charge is 0.0819 e. The minimum atomic E-state index is -0.313. The molecule has 17 heavy (non-hydrogen) atoms. The Morgan fingerprint density at radius 2 is 1.65 bits per heavy atom. The fourth-order valence-corrected chi connectivity index (χ4v) is 2.69. The number of hydrogen-bond acceptors (Lipinski definition) is 2. The molecule has 1 saturated carbocycles. The molecule has 0 spiro atoms. The first-order valence-corrected chi connectivity index (χ1v) is 6.70. The van der Waals surface area contributed by atoms with Gasteiger partial charge < -0.3 is 9.84 Å². The lowest BCUT2D eigenvalue weighted by Crippen LogP contribution is -2.21. The standard InChI is InChI=1S/C15H20O2/c16-15(14-7-9-17-10-8-14)13-5-3-12(4-6-13)11-1-2-11/h3-6,11,14-16H,1-2,7-10H2. The first kappa shape index (κ1) is 11.2. The largest absolute Gasteiger partial charge is 0.388 e. The van der Waals surface area contributed by atoms with Crippen LogP contribution in [0.5, 0.6) is 0 Å². The van der Waals surface area contributed by atoms with Crippen LogP contribution in [-0.2, 0) is 4.74 Å². The number of aliphatic hydroxyl groups excluding tert-OH is 1. The Kier molecular flexibility index (Phi) is 3.17. The van der Waals surface area contributed by atoms with Crippen molar-refractivity contribution < 1.29 is 9.84 Å². The van der Waals surface area contributed by atoms with Gasteiger partial charge in [-0.3, -0.25) is 0 Å². The van der Waals surface area contributed by atoms with E-state index in [4.69, 9.17) is 4.74 Å². The van der Waals surface area contributed by atoms with Crippen molar-refractivity contribution in [2.24, 2.45) is 5.92 Å². The Hall–Kier alpha value is -0.860. The lowest BCUT2D eigenvalue weighted by atomic mass is 9.89. The minimum Gasteiger partial charge on any atom is -0.388 e. The van der Waals surface area contributed by atoms with E-state index in [0.29, 0.717) is 5.92 Å². The third-order valence-corrected chi connectivity index (χ3v) is 4.04. The van der Waals surface area contributed by atoms with Gasteiger partial charge >= 0.3 is 0 Å². The highest BCUT2D eigenvalue weighted by atomic mass is 16.5. The van der Waals surface area contributed by atoms with Crippen LogP contribution >= 0.6 is 0 Å². The normalized spacial score (nSPS) is 23.6. The summed E-state index contributed by atoms with van der Waals surface area (Å²) in [5.41, 5.74) is 2.51. The predicted molar refractivity (Wildman–Crippen MR) is 66.9 cm³/mol. The molecule has 2 fully saturated rings. The zero-order valence-electron chi connectivity index (χ0n) is 10.1. The predicted octanol–water partition coefficient (Wildman–Crippen LogP) is 3.02. The monoisotopic (exact) mass is 232 g/mol. The number of rotatable bonds is 3. The second-order valence-corrected chi connectivity index (χ2v) is 5.34. The number of benzene rings is 1. The third-order valence-electron chi connectivity index (χ3n) is 4.04. The summed E-state index contributed by atoms with van der Waals surface area (Å²) in [6.07, 6.45) is 4.31. The van der Waals surface area contributed by atoms with Crippen LogP contribution < -0.4 is 0 Å². The molecule has 0 aromatic heterocycles. The SMILES string of the molecule is OC(c1ccc(C2CC2)cc1)C1CCOCC1. The van der Waals surface area contributed by atoms with Crippen LogP contribution in [0.25, 0.3) is 0 Å². The van der Waals surface area contributed by atoms with Gasteiger partial charge in [-0.1, -0.05) is 24.3 Å². The third kappa shape index (κ3) is 2.53. The molecule has 1 aliphatic heterocycles. The Labute approximate surface area is 103 Å². The summed E-state index contributed by atoms with van der Waals surface area (Å²) < 4.78 is 5.33. The molecule has 0 radical (unpaired) electrons. The quantitative estimate of drug-likeness (QED) is 0.868. The van der Waals surface area contributed by atoms with Crippen molar-refractivity contribution in [2.75, 3.05) is 13.2 Å². The molecule has 92 valence electrons. The van der Waals surface area contributed by atoms with E-state index in [2.05, 4.69) is 24.3 Å². The molecule has 2 heteroatoms. The highest BCUT2D eigenvalue weighted by Gasteiger charge is 2.25. The lowest BCUT2D eigenvalue weighted by molar-refractivity contribution is 0.00718. The molecular weight excluding hydrogens is 212 g/mol. The van der Waals surface area contributed by atoms with E-state index in [0.717, 1.165) is 37.5 Å². The molecule has 1 aromatic carbocycles. The highest BCUT2D eigenvalue weighted by molar-refractivity contribution is 5.29. The van der Waals surface area contributed by atoms with E-state index in [1.807, 2.05) is 0 Å². The Balaban J connectivity index is 1.69. The number of hydrogen-bond donors (Lipinski definition) is 1. The topological polar surface area (TPSA) is 29.5 Å². The van der Waals surface area contributed by atoms with Gasteiger partial charge in [0, 0.05) is 13.2 Å². The molecule has 1 N–H and O–H groups in total. The van der Waals surface area contributed by atoms with Gasteiger partial charge in [-0.2, -0.15) is 0 Å². The van der Waals surface area contributed by atoms with Gasteiger partial charge in [0.2, 0.25) is 0 Å². The van der Waals surface area contributed by atoms with Crippen LogP contribution in [0.15, 0.2) is 24.3 Å². The minimum absolute atomic E-state index is 0.313. The maximum atomic E-state index is 10.3. The van der Waals surface area contributed by atoms with E-state index < -0.39 is 0 Å². The Morgan fingerprint density at radius 3 is 2.24 bits per heavy atom. The maximum Gasteiger partial charge on any atom is 0.0819 e. The Morgan fingerprint density at radius 1 is 1.00 bits per heavy atom. The molecule has 1 saturated heterocycles. The molecule has 0 bridgehead atoms. The van der Waals surface area contributed by atoms with Crippen molar-refractivity contribution in [3.63, 3.8) is 0 Å². The van der Waals surface area contributed by atoms with Gasteiger partial charge in [0.25, 0.3) is 0 Å². The van der Waals surface area contributed by atoms with Crippen molar-refractivity contribution in [3.8, 4) is 0 Å². The van der Waals surface area contributed by atoms with Crippen LogP contribution in [0.1, 0.15) is 48.8 Å². The second-order valence-electron chi connectivity index (χ2n) is 5.34. The van der Waals surface area contributed by atoms with Crippen LogP contribution in [0.4, 0.5) is 0 Å². The maximum absolute atomic E-state index is 10.3. The lowest BCUT2D eigenvalue weighted by Gasteiger charge is -2.27. The van der Waals surface area contributed by atoms with Gasteiger partial charge in [-0.25, -0.2) is 0 Å². The summed E-state index contributed by atoms with van der Waals surface area (Å²) in [7, 11) is 0. The van der Waals surface area contributed by atoms with Gasteiger partial charge in [0.1, 0.15) is 0 Å². The second kappa shape index (κ2) is 4.79. The van der Waals surface area contributed by atoms with Gasteiger partial charge in [-0.05, 0) is 48.6 Å². The van der Waals surface area contributed by atoms with Gasteiger partial charge in [-0.15, -0.1) is 0 Å². The van der Waals surface area contributed by atoms with E-state index in [9.17, 15) is 5.11 Å². The van der Waals surface area contributed by atoms with Crippen LogP contribution in [0.3, 0.4) is 0 Å². The van der Waals surface area contributed by atoms with E-state index in [1.54, 1.807) is 0 Å². The molecule has 0 amide bonds. The van der Waals surface area contributed by atoms with E-state index >= 15 is 0 Å². The molecule has 2 nitrogen and oxygen atoms in total. The molecule has 1 unspecified atom stereocenters. The fourth-order valence-electron chi connectivity index (χ4n) is 2.69. The Bertz CT molecular complexity index is 361.